The summed E-state index contributed by atoms with van der Waals surface area (Å²) in [6.45, 7) is 0.694. The van der Waals surface area contributed by atoms with Crippen LogP contribution in [0.4, 0.5) is 0 Å². The first-order valence-corrected chi connectivity index (χ1v) is 5.69. The second-order valence-corrected chi connectivity index (χ2v) is 4.83. The number of fused-ring (bicyclic) bond motifs is 2. The number of aliphatic hydroxyl groups excluding tert-OH is 1. The Morgan fingerprint density at radius 2 is 2.43 bits per heavy atom. The van der Waals surface area contributed by atoms with Gasteiger partial charge in [0, 0.05) is 17.8 Å². The SMILES string of the molecule is O=C1CC[C@H]2[C@H](O)c3sccc3CN12. The summed E-state index contributed by atoms with van der Waals surface area (Å²) >= 11 is 1.60. The number of hydrogen-bond acceptors (Lipinski definition) is 3. The third kappa shape index (κ3) is 0.980. The molecule has 0 aromatic carbocycles. The van der Waals surface area contributed by atoms with Crippen LogP contribution in [0.25, 0.3) is 0 Å². The van der Waals surface area contributed by atoms with Gasteiger partial charge in [0.25, 0.3) is 0 Å². The Hall–Kier alpha value is -0.870. The summed E-state index contributed by atoms with van der Waals surface area (Å²) in [6, 6.07) is 2.04. The van der Waals surface area contributed by atoms with Crippen LogP contribution in [0.2, 0.25) is 0 Å². The van der Waals surface area contributed by atoms with Crippen LogP contribution in [0.3, 0.4) is 0 Å². The van der Waals surface area contributed by atoms with Gasteiger partial charge in [0.15, 0.2) is 0 Å². The van der Waals surface area contributed by atoms with Crippen LogP contribution in [0.1, 0.15) is 29.4 Å². The van der Waals surface area contributed by atoms with Gasteiger partial charge in [0.05, 0.1) is 6.04 Å². The molecule has 2 atom stereocenters. The average Bonchev–Trinajstić information content (AvgIpc) is 2.75. The lowest BCUT2D eigenvalue weighted by atomic mass is 10.00. The van der Waals surface area contributed by atoms with Crippen LogP contribution < -0.4 is 0 Å². The summed E-state index contributed by atoms with van der Waals surface area (Å²) in [4.78, 5) is 14.4. The fourth-order valence-corrected chi connectivity index (χ4v) is 3.34. The molecule has 2 aliphatic heterocycles. The van der Waals surface area contributed by atoms with E-state index in [1.165, 1.54) is 0 Å². The Balaban J connectivity index is 2.04. The number of thiophene rings is 1. The maximum atomic E-state index is 11.5. The number of hydrogen-bond donors (Lipinski definition) is 1. The van der Waals surface area contributed by atoms with Crippen molar-refractivity contribution in [3.8, 4) is 0 Å². The van der Waals surface area contributed by atoms with Crippen LogP contribution in [-0.2, 0) is 11.3 Å². The first-order valence-electron chi connectivity index (χ1n) is 4.81. The highest BCUT2D eigenvalue weighted by molar-refractivity contribution is 7.10. The zero-order chi connectivity index (χ0) is 9.71. The van der Waals surface area contributed by atoms with Gasteiger partial charge in [-0.2, -0.15) is 0 Å². The molecule has 0 aliphatic carbocycles. The molecule has 0 bridgehead atoms. The molecule has 1 aromatic rings. The molecule has 1 amide bonds. The summed E-state index contributed by atoms with van der Waals surface area (Å²) < 4.78 is 0. The van der Waals surface area contributed by atoms with Crippen LogP contribution in [0.15, 0.2) is 11.4 Å². The number of aliphatic hydroxyl groups is 1. The van der Waals surface area contributed by atoms with Crippen molar-refractivity contribution in [2.24, 2.45) is 0 Å². The van der Waals surface area contributed by atoms with E-state index >= 15 is 0 Å². The van der Waals surface area contributed by atoms with E-state index in [4.69, 9.17) is 0 Å². The standard InChI is InChI=1S/C10H11NO2S/c12-8-2-1-7-9(13)10-6(3-4-14-10)5-11(7)8/h3-4,7,9,13H,1-2,5H2/t7-,9-/m0/s1. The highest BCUT2D eigenvalue weighted by Gasteiger charge is 2.41. The lowest BCUT2D eigenvalue weighted by Crippen LogP contribution is -2.40. The Kier molecular flexibility index (Phi) is 1.69. The molecule has 0 saturated carbocycles. The summed E-state index contributed by atoms with van der Waals surface area (Å²) in [5, 5.41) is 12.0. The Bertz CT molecular complexity index is 387. The van der Waals surface area contributed by atoms with Crippen molar-refractivity contribution >= 4 is 17.2 Å². The van der Waals surface area contributed by atoms with Crippen molar-refractivity contribution in [2.45, 2.75) is 31.5 Å². The van der Waals surface area contributed by atoms with Crippen molar-refractivity contribution in [3.63, 3.8) is 0 Å². The molecule has 3 nitrogen and oxygen atoms in total. The van der Waals surface area contributed by atoms with Gasteiger partial charge in [0.1, 0.15) is 6.10 Å². The Morgan fingerprint density at radius 3 is 3.29 bits per heavy atom. The molecule has 1 fully saturated rings. The summed E-state index contributed by atoms with van der Waals surface area (Å²) in [7, 11) is 0. The minimum absolute atomic E-state index is 0.0358. The quantitative estimate of drug-likeness (QED) is 0.699. The predicted octanol–water partition coefficient (Wildman–Crippen LogP) is 1.29. The minimum atomic E-state index is -0.454. The van der Waals surface area contributed by atoms with Crippen molar-refractivity contribution in [1.82, 2.24) is 4.90 Å². The third-order valence-electron chi connectivity index (χ3n) is 3.13. The van der Waals surface area contributed by atoms with Crippen LogP contribution in [0.5, 0.6) is 0 Å². The van der Waals surface area contributed by atoms with Gasteiger partial charge < -0.3 is 10.0 Å². The van der Waals surface area contributed by atoms with Crippen molar-refractivity contribution < 1.29 is 9.90 Å². The van der Waals surface area contributed by atoms with Crippen molar-refractivity contribution in [2.75, 3.05) is 0 Å². The largest absolute Gasteiger partial charge is 0.385 e. The molecule has 1 saturated heterocycles. The Labute approximate surface area is 86.0 Å². The molecule has 0 radical (unpaired) electrons. The van der Waals surface area contributed by atoms with Gasteiger partial charge >= 0.3 is 0 Å². The normalized spacial score (nSPS) is 30.4. The highest BCUT2D eigenvalue weighted by Crippen LogP contribution is 2.40. The lowest BCUT2D eigenvalue weighted by molar-refractivity contribution is -0.131. The van der Waals surface area contributed by atoms with E-state index in [0.29, 0.717) is 13.0 Å². The van der Waals surface area contributed by atoms with Crippen LogP contribution in [0, 0.1) is 0 Å². The van der Waals surface area contributed by atoms with Gasteiger partial charge in [-0.1, -0.05) is 0 Å². The van der Waals surface area contributed by atoms with E-state index < -0.39 is 6.10 Å². The Morgan fingerprint density at radius 1 is 1.57 bits per heavy atom. The van der Waals surface area contributed by atoms with Crippen molar-refractivity contribution in [3.05, 3.63) is 21.9 Å². The maximum absolute atomic E-state index is 11.5. The second-order valence-electron chi connectivity index (χ2n) is 3.88. The monoisotopic (exact) mass is 209 g/mol. The fraction of sp³-hybridized carbons (Fsp3) is 0.500. The molecule has 3 heterocycles. The van der Waals surface area contributed by atoms with E-state index in [0.717, 1.165) is 16.9 Å². The lowest BCUT2D eigenvalue weighted by Gasteiger charge is -2.33. The zero-order valence-corrected chi connectivity index (χ0v) is 8.46. The van der Waals surface area contributed by atoms with Gasteiger partial charge in [-0.3, -0.25) is 4.79 Å². The van der Waals surface area contributed by atoms with E-state index in [1.54, 1.807) is 11.3 Å². The summed E-state index contributed by atoms with van der Waals surface area (Å²) in [5.41, 5.74) is 1.12. The minimum Gasteiger partial charge on any atom is -0.385 e. The number of rotatable bonds is 0. The van der Waals surface area contributed by atoms with Gasteiger partial charge in [-0.25, -0.2) is 0 Å². The first-order chi connectivity index (χ1) is 6.77. The molecule has 4 heteroatoms. The maximum Gasteiger partial charge on any atom is 0.223 e. The zero-order valence-electron chi connectivity index (χ0n) is 7.64. The fourth-order valence-electron chi connectivity index (χ4n) is 2.39. The number of nitrogens with zero attached hydrogens (tertiary/aromatic N) is 1. The van der Waals surface area contributed by atoms with E-state index in [1.807, 2.05) is 16.3 Å². The van der Waals surface area contributed by atoms with Gasteiger partial charge in [-0.05, 0) is 23.4 Å². The molecule has 2 aliphatic rings. The van der Waals surface area contributed by atoms with Gasteiger partial charge in [-0.15, -0.1) is 11.3 Å². The van der Waals surface area contributed by atoms with E-state index in [9.17, 15) is 9.90 Å². The molecule has 1 N–H and O–H groups in total. The van der Waals surface area contributed by atoms with E-state index in [-0.39, 0.29) is 11.9 Å². The smallest absolute Gasteiger partial charge is 0.223 e. The molecular formula is C10H11NO2S. The third-order valence-corrected chi connectivity index (χ3v) is 4.16. The summed E-state index contributed by atoms with van der Waals surface area (Å²) in [5.74, 6) is 0.186. The molecule has 3 rings (SSSR count). The molecule has 0 spiro atoms. The van der Waals surface area contributed by atoms with Gasteiger partial charge in [0.2, 0.25) is 5.91 Å². The molecular weight excluding hydrogens is 198 g/mol. The van der Waals surface area contributed by atoms with Crippen LogP contribution >= 0.6 is 11.3 Å². The molecule has 0 unspecified atom stereocenters. The molecule has 14 heavy (non-hydrogen) atoms. The topological polar surface area (TPSA) is 40.5 Å². The first kappa shape index (κ1) is 8.44. The highest BCUT2D eigenvalue weighted by atomic mass is 32.1. The second kappa shape index (κ2) is 2.81. The summed E-state index contributed by atoms with van der Waals surface area (Å²) in [6.07, 6.45) is 0.943. The molecule has 74 valence electrons. The van der Waals surface area contributed by atoms with Crippen LogP contribution in [-0.4, -0.2) is 22.0 Å². The number of carbonyl (C=O) groups is 1. The van der Waals surface area contributed by atoms with Crippen molar-refractivity contribution in [1.29, 1.82) is 0 Å². The predicted molar refractivity (Wildman–Crippen MR) is 52.9 cm³/mol. The van der Waals surface area contributed by atoms with E-state index in [2.05, 4.69) is 0 Å². The number of amides is 1. The average molecular weight is 209 g/mol. The molecule has 1 aromatic heterocycles. The number of carbonyl (C=O) groups excluding carboxylic acids is 1.